The number of rotatable bonds is 7. The molecule has 0 spiro atoms. The minimum atomic E-state index is -3.57. The molecule has 3 heterocycles. The Hall–Kier alpha value is -2.75. The third kappa shape index (κ3) is 5.10. The maximum atomic E-state index is 12.9. The van der Waals surface area contributed by atoms with Crippen molar-refractivity contribution >= 4 is 27.3 Å². The lowest BCUT2D eigenvalue weighted by Gasteiger charge is -2.32. The van der Waals surface area contributed by atoms with Gasteiger partial charge >= 0.3 is 0 Å². The van der Waals surface area contributed by atoms with Crippen molar-refractivity contribution in [3.63, 3.8) is 0 Å². The first-order chi connectivity index (χ1) is 15.8. The van der Waals surface area contributed by atoms with Crippen molar-refractivity contribution in [2.45, 2.75) is 57.4 Å². The van der Waals surface area contributed by atoms with E-state index in [9.17, 15) is 18.0 Å². The van der Waals surface area contributed by atoms with Crippen LogP contribution < -0.4 is 4.90 Å². The Morgan fingerprint density at radius 1 is 1.15 bits per heavy atom. The fourth-order valence-corrected chi connectivity index (χ4v) is 6.02. The van der Waals surface area contributed by atoms with Gasteiger partial charge in [0.05, 0.1) is 10.6 Å². The number of amides is 2. The second-order valence-electron chi connectivity index (χ2n) is 8.84. The third-order valence-corrected chi connectivity index (χ3v) is 8.46. The fraction of sp³-hybridized carbons (Fsp3) is 0.565. The highest BCUT2D eigenvalue weighted by atomic mass is 32.2. The monoisotopic (exact) mass is 473 g/mol. The first-order valence-corrected chi connectivity index (χ1v) is 13.2. The second kappa shape index (κ2) is 9.62. The highest BCUT2D eigenvalue weighted by Gasteiger charge is 2.27. The number of sulfone groups is 1. The molecule has 4 rings (SSSR count). The Labute approximate surface area is 194 Å². The van der Waals surface area contributed by atoms with Gasteiger partial charge in [0.2, 0.25) is 11.8 Å². The number of nitrogens with zero attached hydrogens (tertiary/aromatic N) is 5. The number of aryl methyl sites for hydroxylation is 1. The molecule has 0 aliphatic carbocycles. The summed E-state index contributed by atoms with van der Waals surface area (Å²) in [4.78, 5) is 28.1. The standard InChI is InChI=1S/C23H31N5O4S/c1-3-26-16-24-25-22(26)14-18-6-10-27(11-7-18)23(30)9-13-33(31,32)20-4-5-21-19(15-20)8-12-28(21)17(2)29/h4-5,15-16,18H,3,6-14H2,1-2H3. The van der Waals surface area contributed by atoms with Crippen LogP contribution in [-0.2, 0) is 38.8 Å². The molecular weight excluding hydrogens is 442 g/mol. The Bertz CT molecular complexity index is 1140. The van der Waals surface area contributed by atoms with Crippen LogP contribution in [0.5, 0.6) is 0 Å². The molecule has 0 atom stereocenters. The van der Waals surface area contributed by atoms with Crippen molar-refractivity contribution < 1.29 is 18.0 Å². The van der Waals surface area contributed by atoms with Gasteiger partial charge in [0.1, 0.15) is 12.2 Å². The summed E-state index contributed by atoms with van der Waals surface area (Å²) in [5, 5.41) is 8.18. The molecule has 0 unspecified atom stereocenters. The molecule has 2 aliphatic rings. The predicted molar refractivity (Wildman–Crippen MR) is 124 cm³/mol. The van der Waals surface area contributed by atoms with E-state index < -0.39 is 9.84 Å². The molecule has 1 fully saturated rings. The van der Waals surface area contributed by atoms with Crippen molar-refractivity contribution in [1.29, 1.82) is 0 Å². The number of hydrogen-bond donors (Lipinski definition) is 0. The van der Waals surface area contributed by atoms with Crippen LogP contribution in [0.25, 0.3) is 0 Å². The number of likely N-dealkylation sites (tertiary alicyclic amines) is 1. The van der Waals surface area contributed by atoms with E-state index in [1.807, 2.05) is 4.57 Å². The van der Waals surface area contributed by atoms with Crippen LogP contribution in [0, 0.1) is 5.92 Å². The van der Waals surface area contributed by atoms with E-state index in [1.165, 1.54) is 6.92 Å². The number of piperidine rings is 1. The van der Waals surface area contributed by atoms with E-state index in [4.69, 9.17) is 0 Å². The van der Waals surface area contributed by atoms with Gasteiger partial charge in [-0.05, 0) is 55.9 Å². The molecule has 33 heavy (non-hydrogen) atoms. The van der Waals surface area contributed by atoms with Crippen molar-refractivity contribution in [3.05, 3.63) is 35.9 Å². The molecule has 0 N–H and O–H groups in total. The zero-order chi connectivity index (χ0) is 23.6. The Morgan fingerprint density at radius 2 is 1.91 bits per heavy atom. The molecule has 2 aromatic rings. The molecule has 1 aromatic heterocycles. The van der Waals surface area contributed by atoms with Gasteiger partial charge in [0, 0.05) is 51.6 Å². The largest absolute Gasteiger partial charge is 0.343 e. The van der Waals surface area contributed by atoms with Gasteiger partial charge in [-0.15, -0.1) is 10.2 Å². The van der Waals surface area contributed by atoms with E-state index in [0.29, 0.717) is 32.0 Å². The molecule has 10 heteroatoms. The van der Waals surface area contributed by atoms with Gasteiger partial charge < -0.3 is 14.4 Å². The van der Waals surface area contributed by atoms with E-state index in [1.54, 1.807) is 34.3 Å². The molecule has 178 valence electrons. The van der Waals surface area contributed by atoms with Crippen LogP contribution in [0.3, 0.4) is 0 Å². The van der Waals surface area contributed by atoms with E-state index >= 15 is 0 Å². The van der Waals surface area contributed by atoms with Gasteiger partial charge in [0.25, 0.3) is 0 Å². The maximum Gasteiger partial charge on any atom is 0.223 e. The molecule has 9 nitrogen and oxygen atoms in total. The van der Waals surface area contributed by atoms with Gasteiger partial charge in [-0.1, -0.05) is 0 Å². The molecule has 0 bridgehead atoms. The maximum absolute atomic E-state index is 12.9. The Morgan fingerprint density at radius 3 is 2.61 bits per heavy atom. The minimum absolute atomic E-state index is 0.0200. The summed E-state index contributed by atoms with van der Waals surface area (Å²) >= 11 is 0. The number of fused-ring (bicyclic) bond motifs is 1. The molecule has 1 saturated heterocycles. The summed E-state index contributed by atoms with van der Waals surface area (Å²) < 4.78 is 27.8. The quantitative estimate of drug-likeness (QED) is 0.608. The van der Waals surface area contributed by atoms with Crippen molar-refractivity contribution in [2.75, 3.05) is 30.3 Å². The van der Waals surface area contributed by atoms with Gasteiger partial charge in [-0.25, -0.2) is 8.42 Å². The lowest BCUT2D eigenvalue weighted by molar-refractivity contribution is -0.132. The zero-order valence-electron chi connectivity index (χ0n) is 19.2. The normalized spacial score (nSPS) is 16.8. The summed E-state index contributed by atoms with van der Waals surface area (Å²) in [6.45, 7) is 6.26. The lowest BCUT2D eigenvalue weighted by atomic mass is 9.93. The fourth-order valence-electron chi connectivity index (χ4n) is 4.74. The summed E-state index contributed by atoms with van der Waals surface area (Å²) in [5.41, 5.74) is 1.64. The number of benzene rings is 1. The predicted octanol–water partition coefficient (Wildman–Crippen LogP) is 1.85. The van der Waals surface area contributed by atoms with E-state index in [-0.39, 0.29) is 28.9 Å². The van der Waals surface area contributed by atoms with Crippen LogP contribution in [0.15, 0.2) is 29.4 Å². The van der Waals surface area contributed by atoms with Gasteiger partial charge in [-0.3, -0.25) is 9.59 Å². The molecule has 0 radical (unpaired) electrons. The Balaban J connectivity index is 1.29. The average Bonchev–Trinajstić information content (AvgIpc) is 3.44. The molecule has 2 amide bonds. The van der Waals surface area contributed by atoms with Crippen molar-refractivity contribution in [3.8, 4) is 0 Å². The van der Waals surface area contributed by atoms with Crippen LogP contribution in [-0.4, -0.2) is 65.3 Å². The van der Waals surface area contributed by atoms with Crippen LogP contribution >= 0.6 is 0 Å². The summed E-state index contributed by atoms with van der Waals surface area (Å²) in [6, 6.07) is 4.89. The molecule has 1 aromatic carbocycles. The minimum Gasteiger partial charge on any atom is -0.343 e. The summed E-state index contributed by atoms with van der Waals surface area (Å²) in [5.74, 6) is 1.06. The zero-order valence-corrected chi connectivity index (χ0v) is 20.1. The molecule has 0 saturated carbocycles. The van der Waals surface area contributed by atoms with Crippen molar-refractivity contribution in [1.82, 2.24) is 19.7 Å². The number of aromatic nitrogens is 3. The third-order valence-electron chi connectivity index (χ3n) is 6.75. The first kappa shape index (κ1) is 23.4. The van der Waals surface area contributed by atoms with E-state index in [2.05, 4.69) is 17.1 Å². The number of hydrogen-bond acceptors (Lipinski definition) is 6. The molecule has 2 aliphatic heterocycles. The number of anilines is 1. The smallest absolute Gasteiger partial charge is 0.223 e. The highest BCUT2D eigenvalue weighted by Crippen LogP contribution is 2.31. The van der Waals surface area contributed by atoms with Crippen LogP contribution in [0.2, 0.25) is 0 Å². The van der Waals surface area contributed by atoms with Crippen LogP contribution in [0.4, 0.5) is 5.69 Å². The summed E-state index contributed by atoms with van der Waals surface area (Å²) in [7, 11) is -3.57. The van der Waals surface area contributed by atoms with Crippen LogP contribution in [0.1, 0.15) is 44.5 Å². The first-order valence-electron chi connectivity index (χ1n) is 11.6. The number of carbonyl (C=O) groups excluding carboxylic acids is 2. The SMILES string of the molecule is CCn1cnnc1CC1CCN(C(=O)CCS(=O)(=O)c2ccc3c(c2)CCN3C(C)=O)CC1. The topological polar surface area (TPSA) is 105 Å². The lowest BCUT2D eigenvalue weighted by Crippen LogP contribution is -2.39. The average molecular weight is 474 g/mol. The molecular formula is C23H31N5O4S. The highest BCUT2D eigenvalue weighted by molar-refractivity contribution is 7.91. The second-order valence-corrected chi connectivity index (χ2v) is 11.0. The Kier molecular flexibility index (Phi) is 6.83. The number of carbonyl (C=O) groups is 2. The van der Waals surface area contributed by atoms with Gasteiger partial charge in [-0.2, -0.15) is 0 Å². The summed E-state index contributed by atoms with van der Waals surface area (Å²) in [6.07, 6.45) is 4.98. The van der Waals surface area contributed by atoms with E-state index in [0.717, 1.165) is 42.9 Å². The van der Waals surface area contributed by atoms with Gasteiger partial charge in [0.15, 0.2) is 9.84 Å². The van der Waals surface area contributed by atoms with Crippen molar-refractivity contribution in [2.24, 2.45) is 5.92 Å².